The van der Waals surface area contributed by atoms with E-state index in [4.69, 9.17) is 4.74 Å². The lowest BCUT2D eigenvalue weighted by molar-refractivity contribution is -0.174. The molecule has 1 aromatic heterocycles. The summed E-state index contributed by atoms with van der Waals surface area (Å²) in [5.74, 6) is -0.509. The third-order valence-corrected chi connectivity index (χ3v) is 7.31. The average Bonchev–Trinajstić information content (AvgIpc) is 3.41. The molecular weight excluding hydrogens is 400 g/mol. The smallest absolute Gasteiger partial charge is 0.343 e. The molecule has 32 heavy (non-hydrogen) atoms. The van der Waals surface area contributed by atoms with Crippen LogP contribution >= 0.6 is 0 Å². The summed E-state index contributed by atoms with van der Waals surface area (Å²) >= 11 is 0. The van der Waals surface area contributed by atoms with Gasteiger partial charge in [0.1, 0.15) is 0 Å². The number of piperidine rings is 1. The minimum Gasteiger partial charge on any atom is -0.463 e. The second-order valence-corrected chi connectivity index (χ2v) is 9.38. The quantitative estimate of drug-likeness (QED) is 0.579. The van der Waals surface area contributed by atoms with E-state index in [2.05, 4.69) is 9.88 Å². The number of ether oxygens (including phenoxy) is 1. The van der Waals surface area contributed by atoms with Crippen molar-refractivity contribution < 1.29 is 14.6 Å². The van der Waals surface area contributed by atoms with Gasteiger partial charge < -0.3 is 14.7 Å². The molecule has 2 aliphatic rings. The predicted octanol–water partition coefficient (Wildman–Crippen LogP) is 4.66. The molecule has 0 radical (unpaired) electrons. The Kier molecular flexibility index (Phi) is 7.93. The molecule has 1 saturated heterocycles. The highest BCUT2D eigenvalue weighted by Gasteiger charge is 2.47. The van der Waals surface area contributed by atoms with Crippen LogP contribution in [0.5, 0.6) is 0 Å². The highest BCUT2D eigenvalue weighted by Crippen LogP contribution is 2.41. The largest absolute Gasteiger partial charge is 0.463 e. The van der Waals surface area contributed by atoms with Gasteiger partial charge in [0, 0.05) is 24.2 Å². The first-order chi connectivity index (χ1) is 15.7. The second kappa shape index (κ2) is 11.1. The molecule has 2 heterocycles. The van der Waals surface area contributed by atoms with Crippen LogP contribution in [0.3, 0.4) is 0 Å². The molecule has 1 aromatic carbocycles. The van der Waals surface area contributed by atoms with Crippen LogP contribution in [0.1, 0.15) is 68.4 Å². The fourth-order valence-corrected chi connectivity index (χ4v) is 5.35. The van der Waals surface area contributed by atoms with Crippen molar-refractivity contribution >= 4 is 5.97 Å². The van der Waals surface area contributed by atoms with E-state index < -0.39 is 11.6 Å². The van der Waals surface area contributed by atoms with Crippen molar-refractivity contribution in [2.75, 3.05) is 26.2 Å². The van der Waals surface area contributed by atoms with Crippen molar-refractivity contribution in [1.29, 1.82) is 0 Å². The molecule has 2 aromatic rings. The monoisotopic (exact) mass is 436 g/mol. The molecule has 1 aliphatic heterocycles. The Morgan fingerprint density at radius 3 is 2.41 bits per heavy atom. The first-order valence-electron chi connectivity index (χ1n) is 12.3. The molecule has 4 rings (SSSR count). The molecule has 1 N–H and O–H groups in total. The van der Waals surface area contributed by atoms with E-state index in [1.807, 2.05) is 42.5 Å². The lowest BCUT2D eigenvalue weighted by Gasteiger charge is -2.33. The maximum atomic E-state index is 13.4. The van der Waals surface area contributed by atoms with E-state index in [-0.39, 0.29) is 18.4 Å². The Hall–Kier alpha value is -2.24. The Labute approximate surface area is 191 Å². The maximum Gasteiger partial charge on any atom is 0.343 e. The van der Waals surface area contributed by atoms with Crippen molar-refractivity contribution in [2.24, 2.45) is 5.92 Å². The first-order valence-corrected chi connectivity index (χ1v) is 12.3. The third kappa shape index (κ3) is 5.38. The summed E-state index contributed by atoms with van der Waals surface area (Å²) in [5.41, 5.74) is 0.201. The zero-order chi connectivity index (χ0) is 22.2. The fourth-order valence-electron chi connectivity index (χ4n) is 5.35. The summed E-state index contributed by atoms with van der Waals surface area (Å²) in [6.45, 7) is 3.57. The number of rotatable bonds is 9. The Balaban J connectivity index is 1.47. The van der Waals surface area contributed by atoms with E-state index in [9.17, 15) is 9.90 Å². The normalized spacial score (nSPS) is 20.5. The van der Waals surface area contributed by atoms with Crippen LogP contribution in [0, 0.1) is 5.92 Å². The lowest BCUT2D eigenvalue weighted by atomic mass is 9.80. The Morgan fingerprint density at radius 2 is 1.72 bits per heavy atom. The number of hydrogen-bond acceptors (Lipinski definition) is 5. The third-order valence-electron chi connectivity index (χ3n) is 7.31. The molecule has 1 saturated carbocycles. The standard InChI is InChI=1S/C27H36N2O3/c30-26(27(31,25-11-5-6-12-25)24-9-3-1-4-10-24)32-21-23(22-13-16-28-17-14-22)15-20-29-18-7-2-8-19-29/h1,3-4,9-10,13-14,16-17,23,25,31H,2,5-8,11-12,15,18-21H2/t23-,27?/m0/s1. The summed E-state index contributed by atoms with van der Waals surface area (Å²) < 4.78 is 5.90. The van der Waals surface area contributed by atoms with Gasteiger partial charge in [-0.15, -0.1) is 0 Å². The van der Waals surface area contributed by atoms with Gasteiger partial charge in [0.15, 0.2) is 5.60 Å². The van der Waals surface area contributed by atoms with Crippen molar-refractivity contribution in [3.63, 3.8) is 0 Å². The summed E-state index contributed by atoms with van der Waals surface area (Å²) in [7, 11) is 0. The number of aliphatic hydroxyl groups is 1. The van der Waals surface area contributed by atoms with E-state index in [0.717, 1.165) is 57.3 Å². The van der Waals surface area contributed by atoms with Gasteiger partial charge in [-0.25, -0.2) is 4.79 Å². The van der Waals surface area contributed by atoms with Crippen LogP contribution < -0.4 is 0 Å². The number of pyridine rings is 1. The molecule has 0 bridgehead atoms. The van der Waals surface area contributed by atoms with Crippen molar-refractivity contribution in [3.05, 3.63) is 66.0 Å². The minimum atomic E-state index is -1.58. The molecule has 0 amide bonds. The summed E-state index contributed by atoms with van der Waals surface area (Å²) in [4.78, 5) is 20.1. The molecule has 1 aliphatic carbocycles. The molecular formula is C27H36N2O3. The minimum absolute atomic E-state index is 0.0903. The lowest BCUT2D eigenvalue weighted by Crippen LogP contribution is -2.44. The molecule has 2 atom stereocenters. The van der Waals surface area contributed by atoms with Gasteiger partial charge in [0.05, 0.1) is 6.61 Å². The number of benzene rings is 1. The van der Waals surface area contributed by atoms with Gasteiger partial charge in [-0.1, -0.05) is 49.6 Å². The zero-order valence-electron chi connectivity index (χ0n) is 19.0. The fraction of sp³-hybridized carbons (Fsp3) is 0.556. The maximum absolute atomic E-state index is 13.4. The number of hydrogen-bond donors (Lipinski definition) is 1. The molecule has 2 fully saturated rings. The van der Waals surface area contributed by atoms with Crippen LogP contribution in [0.15, 0.2) is 54.9 Å². The highest BCUT2D eigenvalue weighted by atomic mass is 16.5. The molecule has 172 valence electrons. The van der Waals surface area contributed by atoms with Crippen molar-refractivity contribution in [3.8, 4) is 0 Å². The zero-order valence-corrected chi connectivity index (χ0v) is 19.0. The molecule has 5 heteroatoms. The summed E-state index contributed by atoms with van der Waals surface area (Å²) in [5, 5.41) is 11.7. The Morgan fingerprint density at radius 1 is 1.03 bits per heavy atom. The summed E-state index contributed by atoms with van der Waals surface area (Å²) in [6.07, 6.45) is 12.2. The highest BCUT2D eigenvalue weighted by molar-refractivity contribution is 5.81. The SMILES string of the molecule is O=C(OC[C@H](CCN1CCCCC1)c1ccncc1)C(O)(c1ccccc1)C1CCCC1. The first kappa shape index (κ1) is 22.9. The van der Waals surface area contributed by atoms with Crippen LogP contribution in [0.2, 0.25) is 0 Å². The van der Waals surface area contributed by atoms with Gasteiger partial charge in [-0.3, -0.25) is 4.98 Å². The number of carbonyl (C=O) groups is 1. The molecule has 5 nitrogen and oxygen atoms in total. The van der Waals surface area contributed by atoms with Gasteiger partial charge in [-0.05, 0) is 75.0 Å². The Bertz CT molecular complexity index is 832. The van der Waals surface area contributed by atoms with Crippen LogP contribution in [0.4, 0.5) is 0 Å². The number of likely N-dealkylation sites (tertiary alicyclic amines) is 1. The molecule has 0 spiro atoms. The second-order valence-electron chi connectivity index (χ2n) is 9.38. The topological polar surface area (TPSA) is 62.7 Å². The van der Waals surface area contributed by atoms with E-state index in [1.165, 1.54) is 19.3 Å². The van der Waals surface area contributed by atoms with Crippen molar-refractivity contribution in [1.82, 2.24) is 9.88 Å². The average molecular weight is 437 g/mol. The van der Waals surface area contributed by atoms with Crippen LogP contribution in [0.25, 0.3) is 0 Å². The number of carbonyl (C=O) groups excluding carboxylic acids is 1. The van der Waals surface area contributed by atoms with E-state index in [0.29, 0.717) is 5.56 Å². The summed E-state index contributed by atoms with van der Waals surface area (Å²) in [6, 6.07) is 13.4. The van der Waals surface area contributed by atoms with Crippen LogP contribution in [-0.2, 0) is 15.1 Å². The van der Waals surface area contributed by atoms with Gasteiger partial charge in [-0.2, -0.15) is 0 Å². The van der Waals surface area contributed by atoms with Gasteiger partial charge in [0.2, 0.25) is 0 Å². The van der Waals surface area contributed by atoms with E-state index >= 15 is 0 Å². The number of esters is 1. The number of nitrogens with zero attached hydrogens (tertiary/aromatic N) is 2. The van der Waals surface area contributed by atoms with Gasteiger partial charge in [0.25, 0.3) is 0 Å². The molecule has 1 unspecified atom stereocenters. The van der Waals surface area contributed by atoms with Crippen LogP contribution in [-0.4, -0.2) is 47.2 Å². The number of aromatic nitrogens is 1. The van der Waals surface area contributed by atoms with E-state index in [1.54, 1.807) is 12.4 Å². The van der Waals surface area contributed by atoms with Crippen molar-refractivity contribution in [2.45, 2.75) is 62.9 Å². The predicted molar refractivity (Wildman–Crippen MR) is 125 cm³/mol. The van der Waals surface area contributed by atoms with Gasteiger partial charge >= 0.3 is 5.97 Å².